The molecule has 1 aromatic rings. The first kappa shape index (κ1) is 16.7. The molecule has 1 saturated heterocycles. The molecular weight excluding hydrogens is 326 g/mol. The zero-order valence-corrected chi connectivity index (χ0v) is 13.6. The molecule has 0 radical (unpaired) electrons. The van der Waals surface area contributed by atoms with E-state index in [1.807, 2.05) is 6.07 Å². The second-order valence-corrected chi connectivity index (χ2v) is 5.66. The molecule has 2 N–H and O–H groups in total. The van der Waals surface area contributed by atoms with E-state index in [9.17, 15) is 19.2 Å². The Hall–Kier alpha value is -3.16. The predicted molar refractivity (Wildman–Crippen MR) is 87.2 cm³/mol. The zero-order chi connectivity index (χ0) is 18.0. The van der Waals surface area contributed by atoms with E-state index < -0.39 is 29.6 Å². The van der Waals surface area contributed by atoms with Gasteiger partial charge in [0.05, 0.1) is 7.11 Å². The van der Waals surface area contributed by atoms with Gasteiger partial charge in [-0.05, 0) is 12.1 Å². The van der Waals surface area contributed by atoms with Gasteiger partial charge >= 0.3 is 5.97 Å². The lowest BCUT2D eigenvalue weighted by molar-refractivity contribution is -0.141. The fraction of sp³-hybridized carbons (Fsp3) is 0.294. The summed E-state index contributed by atoms with van der Waals surface area (Å²) < 4.78 is 4.62. The molecule has 1 unspecified atom stereocenters. The zero-order valence-electron chi connectivity index (χ0n) is 13.6. The van der Waals surface area contributed by atoms with E-state index >= 15 is 0 Å². The Balaban J connectivity index is 1.94. The summed E-state index contributed by atoms with van der Waals surface area (Å²) in [7, 11) is 1.14. The molecular formula is C17H17N3O5. The Kier molecular flexibility index (Phi) is 4.51. The van der Waals surface area contributed by atoms with Gasteiger partial charge in [0, 0.05) is 25.2 Å². The van der Waals surface area contributed by atoms with Gasteiger partial charge in [-0.1, -0.05) is 18.2 Å². The van der Waals surface area contributed by atoms with E-state index in [0.29, 0.717) is 18.8 Å². The van der Waals surface area contributed by atoms with Crippen LogP contribution in [0.2, 0.25) is 0 Å². The number of esters is 1. The van der Waals surface area contributed by atoms with Crippen molar-refractivity contribution >= 4 is 29.3 Å². The standard InChI is InChI=1S/C17H17N3O5/c1-25-17(24)13-12(21)9-11(20-8-7-18-16(23)14(13)20)15(22)19-10-5-3-2-4-6-10/h2-6,11H,7-9H2,1H3,(H,18,23)(H,19,22). The molecule has 130 valence electrons. The average Bonchev–Trinajstić information content (AvgIpc) is 2.62. The number of amides is 2. The van der Waals surface area contributed by atoms with Gasteiger partial charge in [-0.2, -0.15) is 0 Å². The summed E-state index contributed by atoms with van der Waals surface area (Å²) in [6.07, 6.45) is -0.195. The average molecular weight is 343 g/mol. The van der Waals surface area contributed by atoms with Crippen LogP contribution in [0.3, 0.4) is 0 Å². The van der Waals surface area contributed by atoms with Crippen molar-refractivity contribution in [1.29, 1.82) is 0 Å². The Labute approximate surface area is 143 Å². The molecule has 3 rings (SSSR count). The number of fused-ring (bicyclic) bond motifs is 1. The van der Waals surface area contributed by atoms with E-state index in [1.54, 1.807) is 24.3 Å². The molecule has 25 heavy (non-hydrogen) atoms. The van der Waals surface area contributed by atoms with Crippen LogP contribution in [0.4, 0.5) is 5.69 Å². The third kappa shape index (κ3) is 3.10. The molecule has 1 aromatic carbocycles. The largest absolute Gasteiger partial charge is 0.465 e. The van der Waals surface area contributed by atoms with E-state index in [1.165, 1.54) is 4.90 Å². The SMILES string of the molecule is COC(=O)C1=C2C(=O)NCCN2C(C(=O)Nc2ccccc2)CC1=O. The van der Waals surface area contributed by atoms with Gasteiger partial charge in [-0.15, -0.1) is 0 Å². The number of methoxy groups -OCH3 is 1. The summed E-state index contributed by atoms with van der Waals surface area (Å²) in [5, 5.41) is 5.32. The first-order valence-corrected chi connectivity index (χ1v) is 7.79. The van der Waals surface area contributed by atoms with Gasteiger partial charge in [-0.3, -0.25) is 14.4 Å². The van der Waals surface area contributed by atoms with E-state index in [0.717, 1.165) is 7.11 Å². The summed E-state index contributed by atoms with van der Waals surface area (Å²) in [6.45, 7) is 0.641. The highest BCUT2D eigenvalue weighted by atomic mass is 16.5. The van der Waals surface area contributed by atoms with Crippen molar-refractivity contribution in [3.63, 3.8) is 0 Å². The van der Waals surface area contributed by atoms with Crippen molar-refractivity contribution in [2.75, 3.05) is 25.5 Å². The molecule has 2 aliphatic heterocycles. The van der Waals surface area contributed by atoms with Crippen LogP contribution in [-0.4, -0.2) is 54.7 Å². The number of ketones is 1. The highest BCUT2D eigenvalue weighted by Crippen LogP contribution is 2.28. The normalized spacial score (nSPS) is 19.9. The number of nitrogens with one attached hydrogen (secondary N) is 2. The smallest absolute Gasteiger partial charge is 0.343 e. The lowest BCUT2D eigenvalue weighted by atomic mass is 9.92. The maximum Gasteiger partial charge on any atom is 0.343 e. The summed E-state index contributed by atoms with van der Waals surface area (Å²) in [6, 6.07) is 7.96. The highest BCUT2D eigenvalue weighted by molar-refractivity contribution is 6.24. The first-order chi connectivity index (χ1) is 12.0. The minimum atomic E-state index is -0.871. The fourth-order valence-corrected chi connectivity index (χ4v) is 3.00. The molecule has 1 atom stereocenters. The molecule has 0 bridgehead atoms. The van der Waals surface area contributed by atoms with Crippen molar-refractivity contribution in [2.24, 2.45) is 0 Å². The van der Waals surface area contributed by atoms with Gasteiger partial charge < -0.3 is 20.3 Å². The molecule has 0 aliphatic carbocycles. The lowest BCUT2D eigenvalue weighted by Gasteiger charge is -2.40. The van der Waals surface area contributed by atoms with Crippen LogP contribution < -0.4 is 10.6 Å². The van der Waals surface area contributed by atoms with Crippen molar-refractivity contribution < 1.29 is 23.9 Å². The monoisotopic (exact) mass is 343 g/mol. The minimum absolute atomic E-state index is 0.0949. The minimum Gasteiger partial charge on any atom is -0.465 e. The molecule has 0 spiro atoms. The quantitative estimate of drug-likeness (QED) is 0.583. The Morgan fingerprint density at radius 2 is 1.96 bits per heavy atom. The van der Waals surface area contributed by atoms with E-state index in [2.05, 4.69) is 15.4 Å². The lowest BCUT2D eigenvalue weighted by Crippen LogP contribution is -2.57. The van der Waals surface area contributed by atoms with E-state index in [4.69, 9.17) is 0 Å². The van der Waals surface area contributed by atoms with E-state index in [-0.39, 0.29) is 17.7 Å². The van der Waals surface area contributed by atoms with Crippen LogP contribution in [0.5, 0.6) is 0 Å². The Bertz CT molecular complexity index is 772. The number of piperazine rings is 1. The third-order valence-electron chi connectivity index (χ3n) is 4.14. The highest BCUT2D eigenvalue weighted by Gasteiger charge is 2.44. The number of hydrogen-bond acceptors (Lipinski definition) is 6. The van der Waals surface area contributed by atoms with Crippen LogP contribution in [0.1, 0.15) is 6.42 Å². The molecule has 2 amide bonds. The molecule has 2 aliphatic rings. The van der Waals surface area contributed by atoms with Gasteiger partial charge in [0.15, 0.2) is 5.78 Å². The number of carbonyl (C=O) groups is 4. The second-order valence-electron chi connectivity index (χ2n) is 5.66. The molecule has 0 saturated carbocycles. The van der Waals surface area contributed by atoms with Crippen molar-refractivity contribution in [3.05, 3.63) is 41.6 Å². The second kappa shape index (κ2) is 6.76. The fourth-order valence-electron chi connectivity index (χ4n) is 3.00. The van der Waals surface area contributed by atoms with Crippen molar-refractivity contribution in [3.8, 4) is 0 Å². The summed E-state index contributed by atoms with van der Waals surface area (Å²) >= 11 is 0. The van der Waals surface area contributed by atoms with Crippen LogP contribution in [0, 0.1) is 0 Å². The summed E-state index contributed by atoms with van der Waals surface area (Å²) in [5.41, 5.74) is 0.191. The molecule has 2 heterocycles. The first-order valence-electron chi connectivity index (χ1n) is 7.79. The molecule has 8 heteroatoms. The number of rotatable bonds is 3. The summed E-state index contributed by atoms with van der Waals surface area (Å²) in [5.74, 6) is -2.42. The number of nitrogens with zero attached hydrogens (tertiary/aromatic N) is 1. The van der Waals surface area contributed by atoms with Crippen LogP contribution >= 0.6 is 0 Å². The topological polar surface area (TPSA) is 105 Å². The maximum atomic E-state index is 12.6. The van der Waals surface area contributed by atoms with Crippen molar-refractivity contribution in [1.82, 2.24) is 10.2 Å². The maximum absolute atomic E-state index is 12.6. The van der Waals surface area contributed by atoms with Gasteiger partial charge in [-0.25, -0.2) is 4.79 Å². The number of ether oxygens (including phenoxy) is 1. The summed E-state index contributed by atoms with van der Waals surface area (Å²) in [4.78, 5) is 50.7. The number of benzene rings is 1. The van der Waals surface area contributed by atoms with Crippen molar-refractivity contribution in [2.45, 2.75) is 12.5 Å². The van der Waals surface area contributed by atoms with Gasteiger partial charge in [0.2, 0.25) is 5.91 Å². The Morgan fingerprint density at radius 1 is 1.24 bits per heavy atom. The number of anilines is 1. The van der Waals surface area contributed by atoms with Crippen LogP contribution in [0.15, 0.2) is 41.6 Å². The van der Waals surface area contributed by atoms with Gasteiger partial charge in [0.1, 0.15) is 17.3 Å². The van der Waals surface area contributed by atoms with Crippen LogP contribution in [0.25, 0.3) is 0 Å². The molecule has 1 fully saturated rings. The number of Topliss-reactive ketones (excluding diaryl/α,β-unsaturated/α-hetero) is 1. The molecule has 8 nitrogen and oxygen atoms in total. The molecule has 0 aromatic heterocycles. The Morgan fingerprint density at radius 3 is 2.64 bits per heavy atom. The number of para-hydroxylation sites is 1. The number of hydrogen-bond donors (Lipinski definition) is 2. The third-order valence-corrected chi connectivity index (χ3v) is 4.14. The van der Waals surface area contributed by atoms with Gasteiger partial charge in [0.25, 0.3) is 5.91 Å². The predicted octanol–water partition coefficient (Wildman–Crippen LogP) is -0.175. The number of carbonyl (C=O) groups excluding carboxylic acids is 4. The van der Waals surface area contributed by atoms with Crippen LogP contribution in [-0.2, 0) is 23.9 Å².